The van der Waals surface area contributed by atoms with Gasteiger partial charge in [-0.25, -0.2) is 0 Å². The topological polar surface area (TPSA) is 63.2 Å². The summed E-state index contributed by atoms with van der Waals surface area (Å²) in [5.41, 5.74) is 0.992. The van der Waals surface area contributed by atoms with Crippen LogP contribution in [0.1, 0.15) is 32.4 Å². The number of amides is 1. The Morgan fingerprint density at radius 1 is 1.42 bits per heavy atom. The van der Waals surface area contributed by atoms with Crippen molar-refractivity contribution >= 4 is 5.91 Å². The summed E-state index contributed by atoms with van der Waals surface area (Å²) in [4.78, 5) is 15.3. The second kappa shape index (κ2) is 8.48. The zero-order valence-corrected chi connectivity index (χ0v) is 11.9. The number of aromatic nitrogens is 1. The first kappa shape index (κ1) is 15.4. The summed E-state index contributed by atoms with van der Waals surface area (Å²) in [6.07, 6.45) is 2.91. The van der Waals surface area contributed by atoms with Crippen LogP contribution >= 0.6 is 0 Å². The smallest absolute Gasteiger partial charge is 0.219 e. The van der Waals surface area contributed by atoms with Gasteiger partial charge >= 0.3 is 0 Å². The molecule has 2 N–H and O–H groups in total. The quantitative estimate of drug-likeness (QED) is 0.699. The van der Waals surface area contributed by atoms with Gasteiger partial charge in [-0.1, -0.05) is 13.8 Å². The highest BCUT2D eigenvalue weighted by Gasteiger charge is 2.00. The molecular formula is C14H23N3O2. The SMILES string of the molecule is CNC(=O)CCCOc1ccc(CNC(C)C)nc1. The molecule has 0 saturated heterocycles. The van der Waals surface area contributed by atoms with Crippen molar-refractivity contribution in [3.8, 4) is 5.75 Å². The fourth-order valence-corrected chi connectivity index (χ4v) is 1.46. The van der Waals surface area contributed by atoms with Crippen molar-refractivity contribution in [2.75, 3.05) is 13.7 Å². The molecule has 0 aliphatic carbocycles. The Labute approximate surface area is 114 Å². The van der Waals surface area contributed by atoms with Crippen molar-refractivity contribution in [2.45, 2.75) is 39.3 Å². The minimum absolute atomic E-state index is 0.0387. The highest BCUT2D eigenvalue weighted by Crippen LogP contribution is 2.09. The standard InChI is InChI=1S/C14H23N3O2/c1-11(2)16-9-12-6-7-13(10-17-12)19-8-4-5-14(18)15-3/h6-7,10-11,16H,4-5,8-9H2,1-3H3,(H,15,18). The van der Waals surface area contributed by atoms with Gasteiger partial charge in [-0.05, 0) is 18.6 Å². The fourth-order valence-electron chi connectivity index (χ4n) is 1.46. The Morgan fingerprint density at radius 2 is 2.21 bits per heavy atom. The van der Waals surface area contributed by atoms with Crippen LogP contribution in [0.3, 0.4) is 0 Å². The average Bonchev–Trinajstić information content (AvgIpc) is 2.42. The molecule has 0 saturated carbocycles. The number of pyridine rings is 1. The van der Waals surface area contributed by atoms with Crippen LogP contribution in [0.2, 0.25) is 0 Å². The average molecular weight is 265 g/mol. The Bertz CT molecular complexity index is 377. The van der Waals surface area contributed by atoms with E-state index >= 15 is 0 Å². The number of nitrogens with one attached hydrogen (secondary N) is 2. The highest BCUT2D eigenvalue weighted by molar-refractivity contribution is 5.75. The molecule has 1 heterocycles. The van der Waals surface area contributed by atoms with Crippen LogP contribution in [0.15, 0.2) is 18.3 Å². The van der Waals surface area contributed by atoms with E-state index in [2.05, 4.69) is 29.5 Å². The minimum Gasteiger partial charge on any atom is -0.492 e. The van der Waals surface area contributed by atoms with E-state index in [9.17, 15) is 4.79 Å². The van der Waals surface area contributed by atoms with Gasteiger partial charge in [-0.15, -0.1) is 0 Å². The van der Waals surface area contributed by atoms with Gasteiger partial charge in [0.05, 0.1) is 18.5 Å². The van der Waals surface area contributed by atoms with Gasteiger partial charge in [0, 0.05) is 26.1 Å². The number of carbonyl (C=O) groups is 1. The molecule has 0 aliphatic rings. The molecule has 0 aliphatic heterocycles. The minimum atomic E-state index is 0.0387. The molecule has 0 unspecified atom stereocenters. The third-order valence-electron chi connectivity index (χ3n) is 2.58. The van der Waals surface area contributed by atoms with Crippen molar-refractivity contribution in [1.29, 1.82) is 0 Å². The second-order valence-electron chi connectivity index (χ2n) is 4.65. The van der Waals surface area contributed by atoms with Crippen molar-refractivity contribution in [1.82, 2.24) is 15.6 Å². The van der Waals surface area contributed by atoms with Crippen molar-refractivity contribution in [3.63, 3.8) is 0 Å². The number of nitrogens with zero attached hydrogens (tertiary/aromatic N) is 1. The molecule has 0 spiro atoms. The first-order valence-electron chi connectivity index (χ1n) is 6.63. The van der Waals surface area contributed by atoms with E-state index in [1.807, 2.05) is 12.1 Å². The van der Waals surface area contributed by atoms with E-state index < -0.39 is 0 Å². The van der Waals surface area contributed by atoms with E-state index in [1.54, 1.807) is 13.2 Å². The Morgan fingerprint density at radius 3 is 2.79 bits per heavy atom. The van der Waals surface area contributed by atoms with E-state index in [0.717, 1.165) is 18.0 Å². The van der Waals surface area contributed by atoms with Crippen LogP contribution in [-0.4, -0.2) is 30.6 Å². The van der Waals surface area contributed by atoms with Crippen molar-refractivity contribution < 1.29 is 9.53 Å². The molecule has 0 aromatic carbocycles. The summed E-state index contributed by atoms with van der Waals surface area (Å²) < 4.78 is 5.52. The molecule has 1 rings (SSSR count). The molecule has 0 bridgehead atoms. The van der Waals surface area contributed by atoms with Gasteiger partial charge in [0.15, 0.2) is 0 Å². The van der Waals surface area contributed by atoms with E-state index in [4.69, 9.17) is 4.74 Å². The summed E-state index contributed by atoms with van der Waals surface area (Å²) >= 11 is 0. The lowest BCUT2D eigenvalue weighted by Gasteiger charge is -2.09. The molecule has 0 atom stereocenters. The third kappa shape index (κ3) is 6.76. The second-order valence-corrected chi connectivity index (χ2v) is 4.65. The fraction of sp³-hybridized carbons (Fsp3) is 0.571. The van der Waals surface area contributed by atoms with Crippen LogP contribution in [-0.2, 0) is 11.3 Å². The summed E-state index contributed by atoms with van der Waals surface area (Å²) in [5.74, 6) is 0.780. The van der Waals surface area contributed by atoms with Gasteiger partial charge in [-0.2, -0.15) is 0 Å². The van der Waals surface area contributed by atoms with Gasteiger partial charge in [0.2, 0.25) is 5.91 Å². The zero-order valence-electron chi connectivity index (χ0n) is 11.9. The number of hydrogen-bond donors (Lipinski definition) is 2. The maximum absolute atomic E-state index is 11.0. The lowest BCUT2D eigenvalue weighted by atomic mass is 10.3. The third-order valence-corrected chi connectivity index (χ3v) is 2.58. The van der Waals surface area contributed by atoms with Gasteiger partial charge < -0.3 is 15.4 Å². The van der Waals surface area contributed by atoms with Crippen LogP contribution in [0.5, 0.6) is 5.75 Å². The first-order valence-corrected chi connectivity index (χ1v) is 6.63. The Kier molecular flexibility index (Phi) is 6.89. The predicted octanol–water partition coefficient (Wildman–Crippen LogP) is 1.48. The van der Waals surface area contributed by atoms with Gasteiger partial charge in [0.25, 0.3) is 0 Å². The summed E-state index contributed by atoms with van der Waals surface area (Å²) in [5, 5.41) is 5.89. The normalized spacial score (nSPS) is 10.5. The summed E-state index contributed by atoms with van der Waals surface area (Å²) in [6, 6.07) is 4.30. The maximum atomic E-state index is 11.0. The van der Waals surface area contributed by atoms with Crippen LogP contribution in [0, 0.1) is 0 Å². The zero-order chi connectivity index (χ0) is 14.1. The molecular weight excluding hydrogens is 242 g/mol. The molecule has 106 valence electrons. The lowest BCUT2D eigenvalue weighted by Crippen LogP contribution is -2.22. The van der Waals surface area contributed by atoms with E-state index in [1.165, 1.54) is 0 Å². The summed E-state index contributed by atoms with van der Waals surface area (Å²) in [6.45, 7) is 5.49. The van der Waals surface area contributed by atoms with Crippen LogP contribution in [0.25, 0.3) is 0 Å². The summed E-state index contributed by atoms with van der Waals surface area (Å²) in [7, 11) is 1.64. The largest absolute Gasteiger partial charge is 0.492 e. The Hall–Kier alpha value is -1.62. The molecule has 1 amide bonds. The number of rotatable bonds is 8. The van der Waals surface area contributed by atoms with Crippen molar-refractivity contribution in [2.24, 2.45) is 0 Å². The number of hydrogen-bond acceptors (Lipinski definition) is 4. The predicted molar refractivity (Wildman–Crippen MR) is 75.0 cm³/mol. The monoisotopic (exact) mass is 265 g/mol. The van der Waals surface area contributed by atoms with Crippen molar-refractivity contribution in [3.05, 3.63) is 24.0 Å². The molecule has 5 heteroatoms. The lowest BCUT2D eigenvalue weighted by molar-refractivity contribution is -0.120. The Balaban J connectivity index is 2.26. The van der Waals surface area contributed by atoms with E-state index in [-0.39, 0.29) is 5.91 Å². The first-order chi connectivity index (χ1) is 9.11. The van der Waals surface area contributed by atoms with Crippen LogP contribution < -0.4 is 15.4 Å². The highest BCUT2D eigenvalue weighted by atomic mass is 16.5. The molecule has 1 aromatic rings. The molecule has 5 nitrogen and oxygen atoms in total. The maximum Gasteiger partial charge on any atom is 0.219 e. The van der Waals surface area contributed by atoms with E-state index in [0.29, 0.717) is 25.5 Å². The number of ether oxygens (including phenoxy) is 1. The number of carbonyl (C=O) groups excluding carboxylic acids is 1. The molecule has 19 heavy (non-hydrogen) atoms. The molecule has 0 radical (unpaired) electrons. The molecule has 1 aromatic heterocycles. The molecule has 0 fully saturated rings. The van der Waals surface area contributed by atoms with Crippen LogP contribution in [0.4, 0.5) is 0 Å². The van der Waals surface area contributed by atoms with Gasteiger partial charge in [-0.3, -0.25) is 9.78 Å². The van der Waals surface area contributed by atoms with Gasteiger partial charge in [0.1, 0.15) is 5.75 Å².